The van der Waals surface area contributed by atoms with Crippen LogP contribution in [0.15, 0.2) is 0 Å². The van der Waals surface area contributed by atoms with Crippen LogP contribution in [-0.4, -0.2) is 71.7 Å². The van der Waals surface area contributed by atoms with E-state index in [1.165, 1.54) is 0 Å². The van der Waals surface area contributed by atoms with Crippen molar-refractivity contribution in [3.05, 3.63) is 0 Å². The molecule has 0 heterocycles. The van der Waals surface area contributed by atoms with E-state index in [2.05, 4.69) is 7.58 Å². The first kappa shape index (κ1) is 24.5. The van der Waals surface area contributed by atoms with Crippen molar-refractivity contribution in [2.24, 2.45) is 0 Å². The van der Waals surface area contributed by atoms with Gasteiger partial charge in [0.2, 0.25) is 12.2 Å². The first-order valence-electron chi connectivity index (χ1n) is 4.37. The van der Waals surface area contributed by atoms with Crippen molar-refractivity contribution >= 4 is 34.7 Å². The molecule has 0 aliphatic heterocycles. The Morgan fingerprint density at radius 1 is 0.500 bits per heavy atom. The zero-order chi connectivity index (χ0) is 17.3. The summed E-state index contributed by atoms with van der Waals surface area (Å²) in [6.07, 6.45) is -33.4. The third-order valence-electron chi connectivity index (χ3n) is 1.57. The fourth-order valence-electron chi connectivity index (χ4n) is 0.823. The standard InChI is InChI=1S/2C3HF6O.Al.Li/c2*4-2(5,6)1(10)3(7,8)9;;/h2*1H;;/q2*-1;+2;. The van der Waals surface area contributed by atoms with Gasteiger partial charge in [0.15, 0.2) is 0 Å². The molecule has 2 nitrogen and oxygen atoms in total. The first-order chi connectivity index (χ1) is 8.97. The monoisotopic (exact) mass is 368 g/mol. The number of hydrogen-bond acceptors (Lipinski definition) is 2. The molecule has 16 heteroatoms. The maximum atomic E-state index is 11.9. The van der Waals surface area contributed by atoms with Crippen molar-refractivity contribution in [2.75, 3.05) is 0 Å². The topological polar surface area (TPSA) is 18.5 Å². The van der Waals surface area contributed by atoms with Crippen molar-refractivity contribution in [1.29, 1.82) is 0 Å². The van der Waals surface area contributed by atoms with E-state index in [0.29, 0.717) is 0 Å². The zero-order valence-corrected chi connectivity index (χ0v) is 11.2. The SMILES string of the molecule is FC(F)(F)C([O][Al][O]C(C(F)(F)F)C(F)(F)F)C(F)(F)F.[Li]. The Labute approximate surface area is 132 Å². The molecule has 0 N–H and O–H groups in total. The van der Waals surface area contributed by atoms with E-state index in [9.17, 15) is 52.7 Å². The fraction of sp³-hybridized carbons (Fsp3) is 1.00. The van der Waals surface area contributed by atoms with Gasteiger partial charge in [0.1, 0.15) is 0 Å². The second kappa shape index (κ2) is 7.85. The molecule has 0 aromatic rings. The predicted molar refractivity (Wildman–Crippen MR) is 45.5 cm³/mol. The summed E-state index contributed by atoms with van der Waals surface area (Å²) in [6, 6.07) is 0. The smallest absolute Gasteiger partial charge is 0.468 e. The quantitative estimate of drug-likeness (QED) is 0.561. The molecule has 0 aliphatic carbocycles. The molecule has 22 heavy (non-hydrogen) atoms. The molecule has 0 saturated heterocycles. The van der Waals surface area contributed by atoms with Gasteiger partial charge in [-0.3, -0.25) is 0 Å². The molecule has 0 aliphatic rings. The van der Waals surface area contributed by atoms with Crippen molar-refractivity contribution in [2.45, 2.75) is 36.9 Å². The molecule has 0 fully saturated rings. The van der Waals surface area contributed by atoms with Crippen molar-refractivity contribution in [3.8, 4) is 0 Å². The van der Waals surface area contributed by atoms with E-state index in [4.69, 9.17) is 0 Å². The van der Waals surface area contributed by atoms with E-state index >= 15 is 0 Å². The number of alkyl halides is 12. The van der Waals surface area contributed by atoms with Gasteiger partial charge >= 0.3 is 40.6 Å². The Balaban J connectivity index is 0. The Morgan fingerprint density at radius 3 is 0.818 bits per heavy atom. The van der Waals surface area contributed by atoms with Gasteiger partial charge in [0.25, 0.3) is 0 Å². The molecule has 0 spiro atoms. The van der Waals surface area contributed by atoms with Crippen molar-refractivity contribution in [3.63, 3.8) is 0 Å². The minimum atomic E-state index is -6.07. The van der Waals surface area contributed by atoms with Crippen LogP contribution in [0.5, 0.6) is 0 Å². The zero-order valence-electron chi connectivity index (χ0n) is 10.1. The Hall–Kier alpha value is 0.210. The normalized spacial score (nSPS) is 14.3. The summed E-state index contributed by atoms with van der Waals surface area (Å²) in [5, 5.41) is 0. The van der Waals surface area contributed by atoms with Gasteiger partial charge in [0, 0.05) is 18.9 Å². The summed E-state index contributed by atoms with van der Waals surface area (Å²) in [5.74, 6) is 0. The Kier molecular flexibility index (Phi) is 8.73. The summed E-state index contributed by atoms with van der Waals surface area (Å²) in [5.41, 5.74) is 0. The van der Waals surface area contributed by atoms with Gasteiger partial charge in [0.05, 0.1) is 0 Å². The largest absolute Gasteiger partial charge is 0.669 e. The number of rotatable bonds is 4. The maximum Gasteiger partial charge on any atom is 0.669 e. The summed E-state index contributed by atoms with van der Waals surface area (Å²) >= 11 is -3.34. The average Bonchev–Trinajstić information content (AvgIpc) is 2.07. The van der Waals surface area contributed by atoms with E-state index in [0.717, 1.165) is 0 Å². The van der Waals surface area contributed by atoms with Crippen molar-refractivity contribution in [1.82, 2.24) is 0 Å². The van der Waals surface area contributed by atoms with Crippen LogP contribution in [0, 0.1) is 0 Å². The van der Waals surface area contributed by atoms with Crippen LogP contribution < -0.4 is 0 Å². The molecule has 0 atom stereocenters. The third kappa shape index (κ3) is 8.17. The average molecular weight is 368 g/mol. The summed E-state index contributed by atoms with van der Waals surface area (Å²) in [7, 11) is 0. The summed E-state index contributed by atoms with van der Waals surface area (Å²) < 4.78 is 149. The second-order valence-electron chi connectivity index (χ2n) is 3.29. The van der Waals surface area contributed by atoms with Crippen LogP contribution in [0.3, 0.4) is 0 Å². The van der Waals surface area contributed by atoms with Crippen LogP contribution in [0.4, 0.5) is 52.7 Å². The number of hydrogen-bond donors (Lipinski definition) is 0. The van der Waals surface area contributed by atoms with E-state index in [1.807, 2.05) is 0 Å². The Morgan fingerprint density at radius 2 is 0.682 bits per heavy atom. The predicted octanol–water partition coefficient (Wildman–Crippen LogP) is 3.16. The van der Waals surface area contributed by atoms with Gasteiger partial charge < -0.3 is 7.58 Å². The van der Waals surface area contributed by atoms with Gasteiger partial charge in [-0.05, 0) is 0 Å². The van der Waals surface area contributed by atoms with Gasteiger partial charge in [-0.1, -0.05) is 0 Å². The number of halogens is 12. The summed E-state index contributed by atoms with van der Waals surface area (Å²) in [6.45, 7) is 0. The van der Waals surface area contributed by atoms with E-state index in [-0.39, 0.29) is 18.9 Å². The first-order valence-corrected chi connectivity index (χ1v) is 5.31. The molecule has 0 saturated carbocycles. The molecule has 126 valence electrons. The van der Waals surface area contributed by atoms with E-state index in [1.54, 1.807) is 0 Å². The van der Waals surface area contributed by atoms with Crippen LogP contribution >= 0.6 is 0 Å². The molecule has 0 aromatic heterocycles. The van der Waals surface area contributed by atoms with Crippen LogP contribution in [0.2, 0.25) is 0 Å². The molecule has 0 unspecified atom stereocenters. The van der Waals surface area contributed by atoms with Crippen LogP contribution in [-0.2, 0) is 7.58 Å². The molecule has 0 amide bonds. The maximum absolute atomic E-state index is 11.9. The molecular formula is C6H2AlF12LiO2. The second-order valence-corrected chi connectivity index (χ2v) is 4.03. The third-order valence-corrected chi connectivity index (χ3v) is 2.34. The van der Waals surface area contributed by atoms with Gasteiger partial charge in [-0.2, -0.15) is 52.7 Å². The molecule has 2 radical (unpaired) electrons. The minimum Gasteiger partial charge on any atom is -0.468 e. The van der Waals surface area contributed by atoms with E-state index < -0.39 is 52.8 Å². The van der Waals surface area contributed by atoms with Crippen molar-refractivity contribution < 1.29 is 60.3 Å². The fourth-order valence-corrected chi connectivity index (χ4v) is 1.73. The van der Waals surface area contributed by atoms with Crippen LogP contribution in [0.1, 0.15) is 0 Å². The van der Waals surface area contributed by atoms with Gasteiger partial charge in [-0.15, -0.1) is 0 Å². The molecule has 0 rings (SSSR count). The minimum absolute atomic E-state index is 0. The van der Waals surface area contributed by atoms with Crippen LogP contribution in [0.25, 0.3) is 0 Å². The van der Waals surface area contributed by atoms with Gasteiger partial charge in [-0.25, -0.2) is 0 Å². The molecule has 0 aromatic carbocycles. The Bertz CT molecular complexity index is 272. The molecule has 0 bridgehead atoms. The summed E-state index contributed by atoms with van der Waals surface area (Å²) in [4.78, 5) is 0. The molecular weight excluding hydrogens is 366 g/mol.